The lowest BCUT2D eigenvalue weighted by molar-refractivity contribution is -0.145. The molecular formula is C31H27F3N2O7S2. The van der Waals surface area contributed by atoms with E-state index in [-0.39, 0.29) is 47.0 Å². The van der Waals surface area contributed by atoms with Crippen LogP contribution in [0.3, 0.4) is 0 Å². The van der Waals surface area contributed by atoms with E-state index in [9.17, 15) is 32.3 Å². The van der Waals surface area contributed by atoms with Gasteiger partial charge in [-0.05, 0) is 60.9 Å². The molecule has 2 aromatic carbocycles. The summed E-state index contributed by atoms with van der Waals surface area (Å²) in [6, 6.07) is 9.96. The molecule has 0 radical (unpaired) electrons. The molecule has 7 rings (SSSR count). The average Bonchev–Trinajstić information content (AvgIpc) is 3.74. The number of hydrogen-bond donors (Lipinski definition) is 1. The number of ether oxygens (including phenoxy) is 3. The van der Waals surface area contributed by atoms with Crippen LogP contribution in [0.2, 0.25) is 0 Å². The molecule has 3 aromatic rings. The van der Waals surface area contributed by atoms with Gasteiger partial charge in [-0.3, -0.25) is 14.4 Å². The van der Waals surface area contributed by atoms with E-state index in [1.54, 1.807) is 19.1 Å². The summed E-state index contributed by atoms with van der Waals surface area (Å²) in [7, 11) is 1.47. The van der Waals surface area contributed by atoms with E-state index in [4.69, 9.17) is 14.2 Å². The van der Waals surface area contributed by atoms with Gasteiger partial charge in [0.2, 0.25) is 11.8 Å². The quantitative estimate of drug-likeness (QED) is 0.276. The first-order chi connectivity index (χ1) is 21.5. The van der Waals surface area contributed by atoms with E-state index < -0.39 is 47.0 Å². The summed E-state index contributed by atoms with van der Waals surface area (Å²) >= 11 is 2.56. The summed E-state index contributed by atoms with van der Waals surface area (Å²) in [5.74, 6) is -3.63. The van der Waals surface area contributed by atoms with E-state index in [1.807, 2.05) is 6.07 Å². The zero-order valence-electron chi connectivity index (χ0n) is 24.0. The summed E-state index contributed by atoms with van der Waals surface area (Å²) in [5, 5.41) is 0.539. The number of amides is 2. The van der Waals surface area contributed by atoms with Crippen molar-refractivity contribution in [3.8, 4) is 11.5 Å². The Kier molecular flexibility index (Phi) is 7.27. The highest BCUT2D eigenvalue weighted by Crippen LogP contribution is 2.69. The molecule has 9 nitrogen and oxygen atoms in total. The average molecular weight is 661 g/mol. The van der Waals surface area contributed by atoms with E-state index in [0.717, 1.165) is 32.7 Å². The molecule has 0 spiro atoms. The standard InChI is InChI=1S/C31H27F3N2O7S2/c1-3-42-20(37)12-43-18-9-8-13(10-19(18)41-2)21-22-14-11-15(25(22)44-27-26(21)45-30(40)35-27)24-23(14)28(38)36(29(24)39)17-7-5-4-6-16(17)31(32,33)34/h4-10,14-15,21-25H,3,11-12H2,1-2H3,(H,35,40)/t14-,15-,21+,22-,23+,24+,25-/m1/s1. The molecule has 1 saturated heterocycles. The zero-order chi connectivity index (χ0) is 31.8. The number of para-hydroxylation sites is 1. The number of thiazole rings is 1. The maximum Gasteiger partial charge on any atom is 0.418 e. The van der Waals surface area contributed by atoms with E-state index in [0.29, 0.717) is 22.9 Å². The Bertz CT molecular complexity index is 1770. The number of aromatic nitrogens is 1. The first kappa shape index (κ1) is 29.9. The Morgan fingerprint density at radius 2 is 1.78 bits per heavy atom. The maximum absolute atomic E-state index is 14.0. The number of carbonyl (C=O) groups is 3. The van der Waals surface area contributed by atoms with Crippen LogP contribution >= 0.6 is 23.1 Å². The van der Waals surface area contributed by atoms with E-state index >= 15 is 0 Å². The van der Waals surface area contributed by atoms with Gasteiger partial charge >= 0.3 is 17.0 Å². The number of benzene rings is 2. The van der Waals surface area contributed by atoms with Gasteiger partial charge in [-0.15, -0.1) is 11.8 Å². The lowest BCUT2D eigenvalue weighted by atomic mass is 9.68. The highest BCUT2D eigenvalue weighted by molar-refractivity contribution is 8.00. The number of alkyl halides is 3. The number of rotatable bonds is 7. The highest BCUT2D eigenvalue weighted by Gasteiger charge is 2.70. The number of imide groups is 1. The molecule has 45 heavy (non-hydrogen) atoms. The van der Waals surface area contributed by atoms with Crippen LogP contribution in [-0.4, -0.2) is 48.3 Å². The number of carbonyl (C=O) groups excluding carboxylic acids is 3. The molecule has 4 aliphatic rings. The monoisotopic (exact) mass is 660 g/mol. The molecule has 2 amide bonds. The number of halogens is 3. The normalized spacial score (nSPS) is 28.1. The molecule has 7 atom stereocenters. The van der Waals surface area contributed by atoms with Crippen molar-refractivity contribution in [3.63, 3.8) is 0 Å². The number of thioether (sulfide) groups is 1. The zero-order valence-corrected chi connectivity index (χ0v) is 25.6. The summed E-state index contributed by atoms with van der Waals surface area (Å²) < 4.78 is 58.0. The number of nitrogens with one attached hydrogen (secondary N) is 1. The maximum atomic E-state index is 14.0. The largest absolute Gasteiger partial charge is 0.493 e. The Labute approximate surface area is 263 Å². The molecule has 236 valence electrons. The van der Waals surface area contributed by atoms with Crippen LogP contribution in [0.1, 0.15) is 35.3 Å². The third-order valence-electron chi connectivity index (χ3n) is 9.37. The van der Waals surface area contributed by atoms with Crippen molar-refractivity contribution in [2.45, 2.75) is 35.7 Å². The SMILES string of the molecule is CCOC(=O)COc1ccc([C@@H]2c3sc(=O)[nH]c3S[C@@H]3[C@@H]4C[C@@H]([C@@H]5C(=O)N(c6ccccc6C(F)(F)F)C(=O)[C@@H]45)[C@H]23)cc1OC. The smallest absolute Gasteiger partial charge is 0.418 e. The number of H-pyrrole nitrogens is 1. The highest BCUT2D eigenvalue weighted by atomic mass is 32.2. The van der Waals surface area contributed by atoms with Crippen molar-refractivity contribution in [2.75, 3.05) is 25.2 Å². The Morgan fingerprint density at radius 3 is 2.49 bits per heavy atom. The second-order valence-electron chi connectivity index (χ2n) is 11.5. The Hall–Kier alpha value is -3.78. The molecule has 2 saturated carbocycles. The summed E-state index contributed by atoms with van der Waals surface area (Å²) in [6.07, 6.45) is -4.16. The fourth-order valence-electron chi connectivity index (χ4n) is 7.87. The van der Waals surface area contributed by atoms with Crippen molar-refractivity contribution < 1.29 is 41.8 Å². The molecule has 1 N–H and O–H groups in total. The van der Waals surface area contributed by atoms with Crippen molar-refractivity contribution in [2.24, 2.45) is 29.6 Å². The molecule has 2 aliphatic heterocycles. The number of hydrogen-bond acceptors (Lipinski definition) is 9. The minimum Gasteiger partial charge on any atom is -0.493 e. The van der Waals surface area contributed by atoms with Crippen LogP contribution in [0.15, 0.2) is 52.3 Å². The topological polar surface area (TPSA) is 115 Å². The minimum absolute atomic E-state index is 0.153. The van der Waals surface area contributed by atoms with Crippen molar-refractivity contribution in [1.29, 1.82) is 0 Å². The number of esters is 1. The third-order valence-corrected chi connectivity index (χ3v) is 12.0. The summed E-state index contributed by atoms with van der Waals surface area (Å²) in [4.78, 5) is 56.5. The van der Waals surface area contributed by atoms with Crippen LogP contribution in [0, 0.1) is 29.6 Å². The predicted octanol–water partition coefficient (Wildman–Crippen LogP) is 5.08. The van der Waals surface area contributed by atoms with Gasteiger partial charge in [-0.25, -0.2) is 9.69 Å². The molecule has 1 aromatic heterocycles. The molecule has 2 bridgehead atoms. The Morgan fingerprint density at radius 1 is 1.04 bits per heavy atom. The number of fused-ring (bicyclic) bond motifs is 9. The first-order valence-electron chi connectivity index (χ1n) is 14.4. The molecule has 0 unspecified atom stereocenters. The molecule has 3 fully saturated rings. The van der Waals surface area contributed by atoms with E-state index in [2.05, 4.69) is 4.98 Å². The van der Waals surface area contributed by atoms with Gasteiger partial charge in [0.05, 0.1) is 41.8 Å². The van der Waals surface area contributed by atoms with Crippen LogP contribution in [-0.2, 0) is 25.3 Å². The summed E-state index contributed by atoms with van der Waals surface area (Å²) in [6.45, 7) is 1.60. The van der Waals surface area contributed by atoms with Crippen LogP contribution < -0.4 is 19.2 Å². The first-order valence-corrected chi connectivity index (χ1v) is 16.1. The van der Waals surface area contributed by atoms with Gasteiger partial charge in [0.15, 0.2) is 18.1 Å². The predicted molar refractivity (Wildman–Crippen MR) is 158 cm³/mol. The van der Waals surface area contributed by atoms with Crippen molar-refractivity contribution in [3.05, 3.63) is 68.1 Å². The van der Waals surface area contributed by atoms with Gasteiger partial charge in [-0.2, -0.15) is 13.2 Å². The number of nitrogens with zero attached hydrogens (tertiary/aromatic N) is 1. The lowest BCUT2D eigenvalue weighted by Gasteiger charge is -2.43. The van der Waals surface area contributed by atoms with Gasteiger partial charge in [-0.1, -0.05) is 29.5 Å². The third kappa shape index (κ3) is 4.67. The van der Waals surface area contributed by atoms with Gasteiger partial charge in [0.25, 0.3) is 0 Å². The lowest BCUT2D eigenvalue weighted by Crippen LogP contribution is -2.42. The van der Waals surface area contributed by atoms with Crippen molar-refractivity contribution >= 4 is 46.6 Å². The second kappa shape index (κ2) is 10.9. The fraction of sp³-hybridized carbons (Fsp3) is 0.419. The second-order valence-corrected chi connectivity index (χ2v) is 13.7. The number of methoxy groups -OCH3 is 1. The van der Waals surface area contributed by atoms with Gasteiger partial charge in [0, 0.05) is 16.0 Å². The molecule has 14 heteroatoms. The summed E-state index contributed by atoms with van der Waals surface area (Å²) in [5.41, 5.74) is -0.671. The number of anilines is 1. The van der Waals surface area contributed by atoms with Crippen LogP contribution in [0.5, 0.6) is 11.5 Å². The van der Waals surface area contributed by atoms with Crippen molar-refractivity contribution in [1.82, 2.24) is 4.98 Å². The minimum atomic E-state index is -4.74. The molecule has 3 heterocycles. The molecule has 2 aliphatic carbocycles. The van der Waals surface area contributed by atoms with Gasteiger partial charge in [0.1, 0.15) is 0 Å². The fourth-order valence-corrected chi connectivity index (χ4v) is 10.8. The van der Waals surface area contributed by atoms with Gasteiger partial charge < -0.3 is 19.2 Å². The van der Waals surface area contributed by atoms with Crippen LogP contribution in [0.25, 0.3) is 0 Å². The molecular weight excluding hydrogens is 633 g/mol. The Balaban J connectivity index is 1.26. The van der Waals surface area contributed by atoms with Crippen LogP contribution in [0.4, 0.5) is 18.9 Å². The number of aromatic amines is 1. The van der Waals surface area contributed by atoms with E-state index in [1.165, 1.54) is 37.1 Å².